The predicted molar refractivity (Wildman–Crippen MR) is 72.0 cm³/mol. The lowest BCUT2D eigenvalue weighted by Crippen LogP contribution is -2.16. The highest BCUT2D eigenvalue weighted by Crippen LogP contribution is 2.32. The zero-order chi connectivity index (χ0) is 12.5. The first-order chi connectivity index (χ1) is 8.75. The molecule has 1 aliphatic carbocycles. The Kier molecular flexibility index (Phi) is 2.78. The minimum absolute atomic E-state index is 0.314. The van der Waals surface area contributed by atoms with Crippen LogP contribution in [0.5, 0.6) is 0 Å². The topological polar surface area (TPSA) is 50.9 Å². The minimum Gasteiger partial charge on any atom is -0.398 e. The number of nitrogens with one attached hydrogen (secondary N) is 1. The number of aromatic nitrogens is 1. The van der Waals surface area contributed by atoms with Crippen LogP contribution < -0.4 is 11.1 Å². The van der Waals surface area contributed by atoms with Crippen LogP contribution in [0.2, 0.25) is 0 Å². The Balaban J connectivity index is 2.09. The van der Waals surface area contributed by atoms with E-state index < -0.39 is 0 Å². The fraction of sp³-hybridized carbons (Fsp3) is 0.357. The molecule has 3 nitrogen and oxygen atoms in total. The molecule has 0 bridgehead atoms. The average molecular weight is 245 g/mol. The van der Waals surface area contributed by atoms with Gasteiger partial charge in [0, 0.05) is 23.3 Å². The van der Waals surface area contributed by atoms with Gasteiger partial charge < -0.3 is 11.1 Å². The summed E-state index contributed by atoms with van der Waals surface area (Å²) >= 11 is 0. The van der Waals surface area contributed by atoms with Crippen molar-refractivity contribution in [2.24, 2.45) is 0 Å². The third-order valence-electron chi connectivity index (χ3n) is 3.58. The first-order valence-electron chi connectivity index (χ1n) is 6.35. The van der Waals surface area contributed by atoms with Gasteiger partial charge in [0.1, 0.15) is 0 Å². The zero-order valence-corrected chi connectivity index (χ0v) is 10.1. The van der Waals surface area contributed by atoms with Crippen molar-refractivity contribution in [2.75, 3.05) is 11.1 Å². The molecule has 1 aromatic heterocycles. The summed E-state index contributed by atoms with van der Waals surface area (Å²) in [5.74, 6) is -0.314. The maximum absolute atomic E-state index is 14.1. The second kappa shape index (κ2) is 4.44. The van der Waals surface area contributed by atoms with E-state index in [4.69, 9.17) is 5.73 Å². The predicted octanol–water partition coefficient (Wildman–Crippen LogP) is 3.31. The number of hydrogen-bond acceptors (Lipinski definition) is 3. The van der Waals surface area contributed by atoms with Crippen LogP contribution in [0.25, 0.3) is 10.9 Å². The second-order valence-corrected chi connectivity index (χ2v) is 4.85. The van der Waals surface area contributed by atoms with Crippen LogP contribution in [0, 0.1) is 5.82 Å². The van der Waals surface area contributed by atoms with Crippen molar-refractivity contribution >= 4 is 22.3 Å². The molecule has 4 heteroatoms. The van der Waals surface area contributed by atoms with Crippen LogP contribution in [0.3, 0.4) is 0 Å². The smallest absolute Gasteiger partial charge is 0.150 e. The van der Waals surface area contributed by atoms with Gasteiger partial charge >= 0.3 is 0 Å². The van der Waals surface area contributed by atoms with Gasteiger partial charge in [0.15, 0.2) is 5.82 Å². The van der Waals surface area contributed by atoms with Gasteiger partial charge in [-0.15, -0.1) is 0 Å². The first kappa shape index (κ1) is 11.3. The molecule has 1 heterocycles. The molecule has 0 atom stereocenters. The van der Waals surface area contributed by atoms with Crippen molar-refractivity contribution in [1.29, 1.82) is 0 Å². The number of fused-ring (bicyclic) bond motifs is 1. The van der Waals surface area contributed by atoms with Gasteiger partial charge in [-0.3, -0.25) is 4.98 Å². The second-order valence-electron chi connectivity index (χ2n) is 4.85. The summed E-state index contributed by atoms with van der Waals surface area (Å²) in [6.45, 7) is 0. The van der Waals surface area contributed by atoms with E-state index in [1.165, 1.54) is 18.9 Å². The first-order valence-corrected chi connectivity index (χ1v) is 6.35. The highest BCUT2D eigenvalue weighted by molar-refractivity contribution is 5.98. The van der Waals surface area contributed by atoms with E-state index in [0.29, 0.717) is 22.9 Å². The number of nitrogens with two attached hydrogens (primary N) is 1. The number of nitrogen functional groups attached to an aromatic ring is 1. The maximum atomic E-state index is 14.1. The van der Waals surface area contributed by atoms with Crippen LogP contribution in [0.4, 0.5) is 15.8 Å². The summed E-state index contributed by atoms with van der Waals surface area (Å²) in [6, 6.07) is 5.42. The third kappa shape index (κ3) is 1.88. The average Bonchev–Trinajstić information content (AvgIpc) is 2.87. The summed E-state index contributed by atoms with van der Waals surface area (Å²) in [5, 5.41) is 4.09. The molecule has 18 heavy (non-hydrogen) atoms. The molecule has 3 rings (SSSR count). The molecule has 2 aromatic rings. The molecule has 3 N–H and O–H groups in total. The van der Waals surface area contributed by atoms with Crippen LogP contribution in [0.15, 0.2) is 24.4 Å². The van der Waals surface area contributed by atoms with Crippen molar-refractivity contribution in [3.8, 4) is 0 Å². The molecule has 0 aliphatic heterocycles. The van der Waals surface area contributed by atoms with Crippen molar-refractivity contribution in [1.82, 2.24) is 4.98 Å². The van der Waals surface area contributed by atoms with E-state index in [1.54, 1.807) is 6.20 Å². The molecule has 0 amide bonds. The van der Waals surface area contributed by atoms with E-state index in [-0.39, 0.29) is 5.82 Å². The Labute approximate surface area is 105 Å². The molecule has 1 aromatic carbocycles. The molecule has 94 valence electrons. The summed E-state index contributed by atoms with van der Waals surface area (Å²) < 4.78 is 14.1. The van der Waals surface area contributed by atoms with Gasteiger partial charge in [-0.05, 0) is 31.0 Å². The highest BCUT2D eigenvalue weighted by Gasteiger charge is 2.19. The van der Waals surface area contributed by atoms with Crippen molar-refractivity contribution in [3.63, 3.8) is 0 Å². The number of hydrogen-bond donors (Lipinski definition) is 2. The Hall–Kier alpha value is -1.84. The van der Waals surface area contributed by atoms with Crippen LogP contribution in [-0.2, 0) is 0 Å². The van der Waals surface area contributed by atoms with Gasteiger partial charge in [0.25, 0.3) is 0 Å². The lowest BCUT2D eigenvalue weighted by molar-refractivity contribution is 0.626. The van der Waals surface area contributed by atoms with Crippen molar-refractivity contribution in [3.05, 3.63) is 30.2 Å². The van der Waals surface area contributed by atoms with E-state index in [1.807, 2.05) is 12.1 Å². The Bertz CT molecular complexity index is 577. The van der Waals surface area contributed by atoms with Crippen molar-refractivity contribution in [2.45, 2.75) is 31.7 Å². The number of anilines is 2. The van der Waals surface area contributed by atoms with E-state index in [2.05, 4.69) is 10.3 Å². The van der Waals surface area contributed by atoms with E-state index in [0.717, 1.165) is 18.2 Å². The quantitative estimate of drug-likeness (QED) is 0.798. The fourth-order valence-corrected chi connectivity index (χ4v) is 2.65. The Morgan fingerprint density at radius 2 is 2.11 bits per heavy atom. The molecule has 0 radical (unpaired) electrons. The van der Waals surface area contributed by atoms with Gasteiger partial charge in [-0.1, -0.05) is 12.8 Å². The third-order valence-corrected chi connectivity index (χ3v) is 3.58. The monoisotopic (exact) mass is 245 g/mol. The van der Waals surface area contributed by atoms with E-state index >= 15 is 0 Å². The largest absolute Gasteiger partial charge is 0.398 e. The molecular weight excluding hydrogens is 229 g/mol. The van der Waals surface area contributed by atoms with Crippen LogP contribution >= 0.6 is 0 Å². The van der Waals surface area contributed by atoms with Gasteiger partial charge in [0.05, 0.1) is 11.2 Å². The number of halogens is 1. The molecule has 1 saturated carbocycles. The fourth-order valence-electron chi connectivity index (χ4n) is 2.65. The van der Waals surface area contributed by atoms with Gasteiger partial charge in [-0.25, -0.2) is 4.39 Å². The molecule has 1 aliphatic rings. The molecule has 0 spiro atoms. The summed E-state index contributed by atoms with van der Waals surface area (Å²) in [7, 11) is 0. The maximum Gasteiger partial charge on any atom is 0.150 e. The number of pyridine rings is 1. The van der Waals surface area contributed by atoms with Crippen molar-refractivity contribution < 1.29 is 4.39 Å². The zero-order valence-electron chi connectivity index (χ0n) is 10.1. The van der Waals surface area contributed by atoms with E-state index in [9.17, 15) is 4.39 Å². The molecule has 1 fully saturated rings. The number of rotatable bonds is 2. The lowest BCUT2D eigenvalue weighted by Gasteiger charge is -2.16. The normalized spacial score (nSPS) is 16.3. The summed E-state index contributed by atoms with van der Waals surface area (Å²) in [5.41, 5.74) is 7.38. The van der Waals surface area contributed by atoms with Crippen LogP contribution in [0.1, 0.15) is 25.7 Å². The molecular formula is C14H16FN3. The van der Waals surface area contributed by atoms with Crippen LogP contribution in [-0.4, -0.2) is 11.0 Å². The number of nitrogens with zero attached hydrogens (tertiary/aromatic N) is 1. The Morgan fingerprint density at radius 3 is 2.89 bits per heavy atom. The number of benzene rings is 1. The highest BCUT2D eigenvalue weighted by atomic mass is 19.1. The molecule has 0 saturated heterocycles. The summed E-state index contributed by atoms with van der Waals surface area (Å²) in [6.07, 6.45) is 6.27. The SMILES string of the molecule is Nc1cc(F)c(NC2CCCC2)c2ncccc12. The minimum atomic E-state index is -0.314. The van der Waals surface area contributed by atoms with Gasteiger partial charge in [-0.2, -0.15) is 0 Å². The Morgan fingerprint density at radius 1 is 1.33 bits per heavy atom. The summed E-state index contributed by atoms with van der Waals surface area (Å²) in [4.78, 5) is 4.26. The molecule has 0 unspecified atom stereocenters. The van der Waals surface area contributed by atoms with Gasteiger partial charge in [0.2, 0.25) is 0 Å². The standard InChI is InChI=1S/C14H16FN3/c15-11-8-12(16)10-6-3-7-17-13(10)14(11)18-9-4-1-2-5-9/h3,6-9,18H,1-2,4-5,16H2. The lowest BCUT2D eigenvalue weighted by atomic mass is 10.1.